The summed E-state index contributed by atoms with van der Waals surface area (Å²) in [7, 11) is -3.20. The summed E-state index contributed by atoms with van der Waals surface area (Å²) in [6.07, 6.45) is 1.20. The van der Waals surface area contributed by atoms with Crippen molar-refractivity contribution >= 4 is 21.4 Å². The zero-order chi connectivity index (χ0) is 13.0. The van der Waals surface area contributed by atoms with E-state index in [-0.39, 0.29) is 11.2 Å². The van der Waals surface area contributed by atoms with Crippen molar-refractivity contribution in [1.82, 2.24) is 4.72 Å². The first-order valence-electron chi connectivity index (χ1n) is 6.18. The molecule has 0 spiro atoms. The first kappa shape index (κ1) is 14.0. The highest BCUT2D eigenvalue weighted by Gasteiger charge is 2.27. The van der Waals surface area contributed by atoms with Crippen molar-refractivity contribution in [1.29, 1.82) is 0 Å². The average molecular weight is 289 g/mol. The van der Waals surface area contributed by atoms with Gasteiger partial charge in [0.15, 0.2) is 0 Å². The maximum atomic E-state index is 12.1. The highest BCUT2D eigenvalue weighted by molar-refractivity contribution is 7.90. The largest absolute Gasteiger partial charge is 0.381 e. The summed E-state index contributed by atoms with van der Waals surface area (Å²) in [5.41, 5.74) is 1.19. The van der Waals surface area contributed by atoms with E-state index in [0.29, 0.717) is 32.6 Å². The molecule has 102 valence electrons. The summed E-state index contributed by atoms with van der Waals surface area (Å²) in [4.78, 5) is 0. The molecule has 0 aliphatic carbocycles. The summed E-state index contributed by atoms with van der Waals surface area (Å²) in [6.45, 7) is 3.60. The summed E-state index contributed by atoms with van der Waals surface area (Å²) >= 11 is 1.64. The van der Waals surface area contributed by atoms with Gasteiger partial charge in [-0.25, -0.2) is 13.1 Å². The molecule has 2 heterocycles. The lowest BCUT2D eigenvalue weighted by atomic mass is 10.1. The van der Waals surface area contributed by atoms with E-state index >= 15 is 0 Å². The molecule has 0 aromatic carbocycles. The summed E-state index contributed by atoms with van der Waals surface area (Å²) in [6, 6.07) is 2.04. The Balaban J connectivity index is 1.88. The Bertz CT molecular complexity index is 450. The third-order valence-corrected chi connectivity index (χ3v) is 5.93. The SMILES string of the molecule is CC(CNS(=O)(=O)C1CCOCC1)c1ccsc1. The number of nitrogens with one attached hydrogen (secondary N) is 1. The zero-order valence-corrected chi connectivity index (χ0v) is 12.1. The van der Waals surface area contributed by atoms with Crippen LogP contribution in [0.5, 0.6) is 0 Å². The minimum Gasteiger partial charge on any atom is -0.381 e. The van der Waals surface area contributed by atoms with Crippen LogP contribution in [0.3, 0.4) is 0 Å². The number of ether oxygens (including phenoxy) is 1. The monoisotopic (exact) mass is 289 g/mol. The molecule has 4 nitrogen and oxygen atoms in total. The minimum atomic E-state index is -3.20. The van der Waals surface area contributed by atoms with Gasteiger partial charge in [0, 0.05) is 19.8 Å². The second-order valence-electron chi connectivity index (χ2n) is 4.66. The van der Waals surface area contributed by atoms with E-state index in [9.17, 15) is 8.42 Å². The molecule has 2 rings (SSSR count). The zero-order valence-electron chi connectivity index (χ0n) is 10.5. The Morgan fingerprint density at radius 2 is 2.22 bits per heavy atom. The fourth-order valence-corrected chi connectivity index (χ4v) is 4.33. The fourth-order valence-electron chi connectivity index (χ4n) is 2.02. The maximum absolute atomic E-state index is 12.1. The molecule has 1 saturated heterocycles. The standard InChI is InChI=1S/C12H19NO3S2/c1-10(11-4-7-17-9-11)8-13-18(14,15)12-2-5-16-6-3-12/h4,7,9-10,12-13H,2-3,5-6,8H2,1H3. The van der Waals surface area contributed by atoms with Gasteiger partial charge in [-0.3, -0.25) is 0 Å². The molecule has 1 aliphatic rings. The lowest BCUT2D eigenvalue weighted by molar-refractivity contribution is 0.0981. The Kier molecular flexibility index (Phi) is 4.77. The molecule has 0 amide bonds. The van der Waals surface area contributed by atoms with Crippen LogP contribution >= 0.6 is 11.3 Å². The molecule has 1 aromatic heterocycles. The molecule has 0 saturated carbocycles. The molecule has 1 aliphatic heterocycles. The summed E-state index contributed by atoms with van der Waals surface area (Å²) in [5, 5.41) is 3.78. The third kappa shape index (κ3) is 3.54. The third-order valence-electron chi connectivity index (χ3n) is 3.31. The van der Waals surface area contributed by atoms with Crippen LogP contribution in [0.25, 0.3) is 0 Å². The smallest absolute Gasteiger partial charge is 0.214 e. The van der Waals surface area contributed by atoms with Gasteiger partial charge in [0.05, 0.1) is 5.25 Å². The Morgan fingerprint density at radius 1 is 1.50 bits per heavy atom. The summed E-state index contributed by atoms with van der Waals surface area (Å²) < 4.78 is 32.1. The lowest BCUT2D eigenvalue weighted by Crippen LogP contribution is -2.39. The van der Waals surface area contributed by atoms with Crippen LogP contribution in [-0.2, 0) is 14.8 Å². The number of hydrogen-bond donors (Lipinski definition) is 1. The van der Waals surface area contributed by atoms with Gasteiger partial charge in [-0.1, -0.05) is 6.92 Å². The number of rotatable bonds is 5. The second-order valence-corrected chi connectivity index (χ2v) is 7.49. The van der Waals surface area contributed by atoms with Gasteiger partial charge in [0.2, 0.25) is 10.0 Å². The quantitative estimate of drug-likeness (QED) is 0.901. The normalized spacial score (nSPS) is 19.8. The van der Waals surface area contributed by atoms with Crippen LogP contribution in [0, 0.1) is 0 Å². The van der Waals surface area contributed by atoms with Crippen LogP contribution in [0.15, 0.2) is 16.8 Å². The van der Waals surface area contributed by atoms with Crippen LogP contribution in [-0.4, -0.2) is 33.4 Å². The van der Waals surface area contributed by atoms with Crippen LogP contribution < -0.4 is 4.72 Å². The number of sulfonamides is 1. The van der Waals surface area contributed by atoms with E-state index in [4.69, 9.17) is 4.74 Å². The van der Waals surface area contributed by atoms with Gasteiger partial charge >= 0.3 is 0 Å². The first-order valence-corrected chi connectivity index (χ1v) is 8.67. The van der Waals surface area contributed by atoms with Gasteiger partial charge in [-0.15, -0.1) is 0 Å². The predicted octanol–water partition coefficient (Wildman–Crippen LogP) is 1.95. The number of thiophene rings is 1. The van der Waals surface area contributed by atoms with Crippen LogP contribution in [0.4, 0.5) is 0 Å². The molecule has 1 atom stereocenters. The molecule has 6 heteroatoms. The molecule has 0 bridgehead atoms. The molecule has 1 unspecified atom stereocenters. The van der Waals surface area contributed by atoms with Crippen molar-refractivity contribution in [3.8, 4) is 0 Å². The van der Waals surface area contributed by atoms with Gasteiger partial charge in [-0.2, -0.15) is 11.3 Å². The number of hydrogen-bond acceptors (Lipinski definition) is 4. The Labute approximate surface area is 112 Å². The highest BCUT2D eigenvalue weighted by atomic mass is 32.2. The van der Waals surface area contributed by atoms with Gasteiger partial charge in [0.25, 0.3) is 0 Å². The molecule has 1 aromatic rings. The molecule has 18 heavy (non-hydrogen) atoms. The predicted molar refractivity (Wildman–Crippen MR) is 73.5 cm³/mol. The van der Waals surface area contributed by atoms with Gasteiger partial charge in [-0.05, 0) is 41.1 Å². The average Bonchev–Trinajstić information content (AvgIpc) is 2.91. The van der Waals surface area contributed by atoms with Crippen molar-refractivity contribution in [3.05, 3.63) is 22.4 Å². The highest BCUT2D eigenvalue weighted by Crippen LogP contribution is 2.19. The lowest BCUT2D eigenvalue weighted by Gasteiger charge is -2.23. The van der Waals surface area contributed by atoms with Gasteiger partial charge in [0.1, 0.15) is 0 Å². The second kappa shape index (κ2) is 6.14. The van der Waals surface area contributed by atoms with E-state index < -0.39 is 10.0 Å². The Hall–Kier alpha value is -0.430. The van der Waals surface area contributed by atoms with Crippen LogP contribution in [0.1, 0.15) is 31.2 Å². The Morgan fingerprint density at radius 3 is 2.83 bits per heavy atom. The van der Waals surface area contributed by atoms with Crippen LogP contribution in [0.2, 0.25) is 0 Å². The fraction of sp³-hybridized carbons (Fsp3) is 0.667. The van der Waals surface area contributed by atoms with E-state index in [0.717, 1.165) is 0 Å². The molecule has 1 N–H and O–H groups in total. The van der Waals surface area contributed by atoms with Gasteiger partial charge < -0.3 is 4.74 Å². The van der Waals surface area contributed by atoms with E-state index in [1.54, 1.807) is 11.3 Å². The van der Waals surface area contributed by atoms with E-state index in [2.05, 4.69) is 10.1 Å². The van der Waals surface area contributed by atoms with Crippen molar-refractivity contribution < 1.29 is 13.2 Å². The first-order chi connectivity index (χ1) is 8.59. The molecular weight excluding hydrogens is 270 g/mol. The maximum Gasteiger partial charge on any atom is 0.214 e. The summed E-state index contributed by atoms with van der Waals surface area (Å²) in [5.74, 6) is 0.214. The molecule has 0 radical (unpaired) electrons. The van der Waals surface area contributed by atoms with Crippen molar-refractivity contribution in [2.45, 2.75) is 30.9 Å². The van der Waals surface area contributed by atoms with Crippen molar-refractivity contribution in [3.63, 3.8) is 0 Å². The molecule has 1 fully saturated rings. The van der Waals surface area contributed by atoms with E-state index in [1.807, 2.05) is 18.4 Å². The van der Waals surface area contributed by atoms with Crippen molar-refractivity contribution in [2.24, 2.45) is 0 Å². The minimum absolute atomic E-state index is 0.214. The topological polar surface area (TPSA) is 55.4 Å². The van der Waals surface area contributed by atoms with Crippen molar-refractivity contribution in [2.75, 3.05) is 19.8 Å². The molecular formula is C12H19NO3S2. The van der Waals surface area contributed by atoms with E-state index in [1.165, 1.54) is 5.56 Å².